The fourth-order valence-electron chi connectivity index (χ4n) is 3.86. The maximum Gasteiger partial charge on any atom is 0.223 e. The molecule has 2 unspecified atom stereocenters. The van der Waals surface area contributed by atoms with Gasteiger partial charge in [-0.1, -0.05) is 36.8 Å². The number of benzene rings is 1. The molecule has 3 N–H and O–H groups in total. The second kappa shape index (κ2) is 7.93. The van der Waals surface area contributed by atoms with Crippen LogP contribution in [-0.2, 0) is 11.3 Å². The van der Waals surface area contributed by atoms with Gasteiger partial charge >= 0.3 is 0 Å². The van der Waals surface area contributed by atoms with Crippen molar-refractivity contribution in [1.82, 2.24) is 10.2 Å². The van der Waals surface area contributed by atoms with Crippen molar-refractivity contribution in [2.75, 3.05) is 13.1 Å². The van der Waals surface area contributed by atoms with Crippen molar-refractivity contribution in [1.29, 1.82) is 0 Å². The van der Waals surface area contributed by atoms with Crippen LogP contribution >= 0.6 is 0 Å². The van der Waals surface area contributed by atoms with Gasteiger partial charge in [-0.15, -0.1) is 0 Å². The zero-order chi connectivity index (χ0) is 16.1. The van der Waals surface area contributed by atoms with Gasteiger partial charge in [0.05, 0.1) is 0 Å². The molecule has 1 heterocycles. The van der Waals surface area contributed by atoms with Crippen molar-refractivity contribution in [3.63, 3.8) is 0 Å². The van der Waals surface area contributed by atoms with Gasteiger partial charge in [0.25, 0.3) is 0 Å². The van der Waals surface area contributed by atoms with Gasteiger partial charge in [-0.05, 0) is 37.7 Å². The van der Waals surface area contributed by atoms with Gasteiger partial charge in [0, 0.05) is 37.6 Å². The van der Waals surface area contributed by atoms with Crippen LogP contribution in [0.2, 0.25) is 0 Å². The van der Waals surface area contributed by atoms with Crippen LogP contribution in [0, 0.1) is 5.92 Å². The molecule has 2 aliphatic rings. The van der Waals surface area contributed by atoms with Gasteiger partial charge in [-0.3, -0.25) is 9.69 Å². The van der Waals surface area contributed by atoms with E-state index in [4.69, 9.17) is 5.73 Å². The molecule has 4 heteroatoms. The number of rotatable bonds is 4. The highest BCUT2D eigenvalue weighted by atomic mass is 16.1. The molecule has 1 aliphatic heterocycles. The first kappa shape index (κ1) is 16.5. The topological polar surface area (TPSA) is 58.4 Å². The Balaban J connectivity index is 1.41. The number of carbonyl (C=O) groups excluding carboxylic acids is 1. The highest BCUT2D eigenvalue weighted by Crippen LogP contribution is 2.24. The lowest BCUT2D eigenvalue weighted by molar-refractivity contribution is -0.127. The van der Waals surface area contributed by atoms with Crippen LogP contribution in [0.25, 0.3) is 0 Å². The summed E-state index contributed by atoms with van der Waals surface area (Å²) >= 11 is 0. The van der Waals surface area contributed by atoms with Gasteiger partial charge in [0.2, 0.25) is 5.91 Å². The smallest absolute Gasteiger partial charge is 0.223 e. The summed E-state index contributed by atoms with van der Waals surface area (Å²) in [6.45, 7) is 3.13. The summed E-state index contributed by atoms with van der Waals surface area (Å²) in [6.07, 6.45) is 6.14. The Hall–Kier alpha value is -1.39. The lowest BCUT2D eigenvalue weighted by Gasteiger charge is -2.34. The van der Waals surface area contributed by atoms with E-state index in [0.717, 1.165) is 58.2 Å². The third-order valence-corrected chi connectivity index (χ3v) is 5.27. The maximum atomic E-state index is 12.4. The quantitative estimate of drug-likeness (QED) is 0.896. The molecule has 2 atom stereocenters. The molecule has 23 heavy (non-hydrogen) atoms. The second-order valence-electron chi connectivity index (χ2n) is 7.17. The van der Waals surface area contributed by atoms with Crippen molar-refractivity contribution < 1.29 is 4.79 Å². The molecule has 1 saturated carbocycles. The minimum atomic E-state index is 0.140. The average molecular weight is 315 g/mol. The van der Waals surface area contributed by atoms with Gasteiger partial charge in [-0.25, -0.2) is 0 Å². The normalized spacial score (nSPS) is 26.8. The van der Waals surface area contributed by atoms with Crippen molar-refractivity contribution in [3.8, 4) is 0 Å². The first-order chi connectivity index (χ1) is 11.2. The third-order valence-electron chi connectivity index (χ3n) is 5.27. The van der Waals surface area contributed by atoms with Gasteiger partial charge in [-0.2, -0.15) is 0 Å². The van der Waals surface area contributed by atoms with E-state index in [1.54, 1.807) is 0 Å². The van der Waals surface area contributed by atoms with E-state index in [1.165, 1.54) is 5.56 Å². The number of likely N-dealkylation sites (tertiary alicyclic amines) is 1. The van der Waals surface area contributed by atoms with Crippen LogP contribution in [0.1, 0.15) is 44.1 Å². The molecule has 0 bridgehead atoms. The first-order valence-electron chi connectivity index (χ1n) is 9.03. The van der Waals surface area contributed by atoms with E-state index in [9.17, 15) is 4.79 Å². The Bertz CT molecular complexity index is 497. The van der Waals surface area contributed by atoms with Crippen LogP contribution in [0.15, 0.2) is 30.3 Å². The van der Waals surface area contributed by atoms with E-state index < -0.39 is 0 Å². The summed E-state index contributed by atoms with van der Waals surface area (Å²) in [5.41, 5.74) is 7.37. The van der Waals surface area contributed by atoms with Crippen molar-refractivity contribution in [2.45, 2.75) is 57.2 Å². The molecule has 1 amide bonds. The fourth-order valence-corrected chi connectivity index (χ4v) is 3.86. The highest BCUT2D eigenvalue weighted by Gasteiger charge is 2.28. The zero-order valence-corrected chi connectivity index (χ0v) is 13.9. The first-order valence-corrected chi connectivity index (χ1v) is 9.03. The van der Waals surface area contributed by atoms with E-state index >= 15 is 0 Å². The van der Waals surface area contributed by atoms with Crippen LogP contribution < -0.4 is 11.1 Å². The standard InChI is InChI=1S/C19H29N3O/c20-17-8-4-7-16(13-17)19(23)21-18-9-11-22(12-10-18)14-15-5-2-1-3-6-15/h1-3,5-6,16-18H,4,7-14,20H2,(H,21,23). The molecule has 1 saturated heterocycles. The minimum absolute atomic E-state index is 0.140. The Morgan fingerprint density at radius 3 is 2.57 bits per heavy atom. The molecule has 1 aromatic carbocycles. The van der Waals surface area contributed by atoms with Crippen LogP contribution in [0.4, 0.5) is 0 Å². The Morgan fingerprint density at radius 1 is 1.13 bits per heavy atom. The number of nitrogens with two attached hydrogens (primary N) is 1. The van der Waals surface area contributed by atoms with Crippen LogP contribution in [0.5, 0.6) is 0 Å². The number of carbonyl (C=O) groups is 1. The average Bonchev–Trinajstić information content (AvgIpc) is 2.57. The monoisotopic (exact) mass is 315 g/mol. The molecular weight excluding hydrogens is 286 g/mol. The minimum Gasteiger partial charge on any atom is -0.353 e. The molecule has 0 spiro atoms. The zero-order valence-electron chi connectivity index (χ0n) is 13.9. The Kier molecular flexibility index (Phi) is 5.68. The van der Waals surface area contributed by atoms with Gasteiger partial charge < -0.3 is 11.1 Å². The molecule has 1 aliphatic carbocycles. The SMILES string of the molecule is NC1CCCC(C(=O)NC2CCN(Cc3ccccc3)CC2)C1. The van der Waals surface area contributed by atoms with Gasteiger partial charge in [0.1, 0.15) is 0 Å². The molecule has 3 rings (SSSR count). The Morgan fingerprint density at radius 2 is 1.87 bits per heavy atom. The van der Waals surface area contributed by atoms with Crippen LogP contribution in [0.3, 0.4) is 0 Å². The molecule has 126 valence electrons. The fraction of sp³-hybridized carbons (Fsp3) is 0.632. The number of hydrogen-bond acceptors (Lipinski definition) is 3. The van der Waals surface area contributed by atoms with E-state index in [2.05, 4.69) is 40.5 Å². The van der Waals surface area contributed by atoms with Crippen LogP contribution in [-0.4, -0.2) is 36.0 Å². The van der Waals surface area contributed by atoms with Gasteiger partial charge in [0.15, 0.2) is 0 Å². The molecular formula is C19H29N3O. The number of amides is 1. The summed E-state index contributed by atoms with van der Waals surface area (Å²) in [5.74, 6) is 0.378. The van der Waals surface area contributed by atoms with Crippen molar-refractivity contribution in [3.05, 3.63) is 35.9 Å². The lowest BCUT2D eigenvalue weighted by atomic mass is 9.85. The number of piperidine rings is 1. The summed E-state index contributed by atoms with van der Waals surface area (Å²) in [5, 5.41) is 3.27. The highest BCUT2D eigenvalue weighted by molar-refractivity contribution is 5.79. The predicted molar refractivity (Wildman–Crippen MR) is 92.8 cm³/mol. The molecule has 0 radical (unpaired) electrons. The van der Waals surface area contributed by atoms with Crippen molar-refractivity contribution in [2.24, 2.45) is 11.7 Å². The van der Waals surface area contributed by atoms with E-state index in [0.29, 0.717) is 6.04 Å². The number of hydrogen-bond donors (Lipinski definition) is 2. The summed E-state index contributed by atoms with van der Waals surface area (Å²) < 4.78 is 0. The third kappa shape index (κ3) is 4.79. The summed E-state index contributed by atoms with van der Waals surface area (Å²) in [7, 11) is 0. The summed E-state index contributed by atoms with van der Waals surface area (Å²) in [6, 6.07) is 11.2. The predicted octanol–water partition coefficient (Wildman–Crippen LogP) is 2.28. The van der Waals surface area contributed by atoms with E-state index in [1.807, 2.05) is 0 Å². The second-order valence-corrected chi connectivity index (χ2v) is 7.17. The number of nitrogens with one attached hydrogen (secondary N) is 1. The Labute approximate surface area is 139 Å². The van der Waals surface area contributed by atoms with Crippen molar-refractivity contribution >= 4 is 5.91 Å². The summed E-state index contributed by atoms with van der Waals surface area (Å²) in [4.78, 5) is 14.9. The van der Waals surface area contributed by atoms with E-state index in [-0.39, 0.29) is 17.9 Å². The molecule has 0 aromatic heterocycles. The largest absolute Gasteiger partial charge is 0.353 e. The molecule has 1 aromatic rings. The number of nitrogens with zero attached hydrogens (tertiary/aromatic N) is 1. The molecule has 4 nitrogen and oxygen atoms in total. The maximum absolute atomic E-state index is 12.4. The molecule has 2 fully saturated rings. The lowest BCUT2D eigenvalue weighted by Crippen LogP contribution is -2.47.